The molecule has 0 spiro atoms. The molecule has 8 heteroatoms. The second-order valence-corrected chi connectivity index (χ2v) is 5.19. The van der Waals surface area contributed by atoms with Gasteiger partial charge in [0.25, 0.3) is 11.8 Å². The van der Waals surface area contributed by atoms with Crippen molar-refractivity contribution in [1.29, 1.82) is 0 Å². The van der Waals surface area contributed by atoms with Gasteiger partial charge in [0.1, 0.15) is 6.04 Å². The lowest BCUT2D eigenvalue weighted by Gasteiger charge is -2.21. The average Bonchev–Trinajstić information content (AvgIpc) is 3.01. The number of rotatable bonds is 6. The molecule has 22 heavy (non-hydrogen) atoms. The zero-order chi connectivity index (χ0) is 16.5. The molecule has 0 aliphatic carbocycles. The minimum absolute atomic E-state index is 0.115. The summed E-state index contributed by atoms with van der Waals surface area (Å²) in [6, 6.07) is 2.40. The lowest BCUT2D eigenvalue weighted by molar-refractivity contribution is -0.124. The molecular weight excluding hydrogens is 304 g/mol. The fourth-order valence-corrected chi connectivity index (χ4v) is 1.69. The quantitative estimate of drug-likeness (QED) is 0.350. The van der Waals surface area contributed by atoms with E-state index in [1.807, 2.05) is 13.8 Å². The third kappa shape index (κ3) is 5.57. The Hall–Kier alpha value is -2.35. The number of hydrogen-bond acceptors (Lipinski definition) is 4. The van der Waals surface area contributed by atoms with Gasteiger partial charge < -0.3 is 15.1 Å². The van der Waals surface area contributed by atoms with Gasteiger partial charge in [-0.2, -0.15) is 0 Å². The van der Waals surface area contributed by atoms with E-state index < -0.39 is 17.9 Å². The molecule has 0 fully saturated rings. The highest BCUT2D eigenvalue weighted by Gasteiger charge is 2.25. The maximum atomic E-state index is 12.1. The molecule has 0 unspecified atom stereocenters. The third-order valence-corrected chi connectivity index (χ3v) is 2.93. The Bertz CT molecular complexity index is 528. The minimum Gasteiger partial charge on any atom is -0.459 e. The van der Waals surface area contributed by atoms with E-state index in [0.717, 1.165) is 0 Å². The number of hydrazine groups is 1. The Morgan fingerprint density at radius 2 is 2.14 bits per heavy atom. The summed E-state index contributed by atoms with van der Waals surface area (Å²) in [7, 11) is 0. The highest BCUT2D eigenvalue weighted by molar-refractivity contribution is 7.80. The predicted octanol–water partition coefficient (Wildman–Crippen LogP) is 0.715. The summed E-state index contributed by atoms with van der Waals surface area (Å²) >= 11 is 4.96. The van der Waals surface area contributed by atoms with Crippen LogP contribution in [0.4, 0.5) is 0 Å². The Kier molecular flexibility index (Phi) is 7.11. The van der Waals surface area contributed by atoms with E-state index in [0.29, 0.717) is 6.54 Å². The van der Waals surface area contributed by atoms with Gasteiger partial charge >= 0.3 is 0 Å². The van der Waals surface area contributed by atoms with Crippen LogP contribution < -0.4 is 21.5 Å². The minimum atomic E-state index is -0.729. The van der Waals surface area contributed by atoms with Crippen LogP contribution in [-0.4, -0.2) is 29.5 Å². The first kappa shape index (κ1) is 17.7. The molecule has 1 heterocycles. The van der Waals surface area contributed by atoms with E-state index in [-0.39, 0.29) is 16.8 Å². The Labute approximate surface area is 134 Å². The summed E-state index contributed by atoms with van der Waals surface area (Å²) < 4.78 is 5.00. The first-order chi connectivity index (χ1) is 10.5. The van der Waals surface area contributed by atoms with Gasteiger partial charge in [0.15, 0.2) is 10.9 Å². The lowest BCUT2D eigenvalue weighted by atomic mass is 10.0. The van der Waals surface area contributed by atoms with Crippen LogP contribution in [0.1, 0.15) is 24.4 Å². The van der Waals surface area contributed by atoms with E-state index in [4.69, 9.17) is 16.6 Å². The summed E-state index contributed by atoms with van der Waals surface area (Å²) in [6.07, 6.45) is 3.03. The van der Waals surface area contributed by atoms with Gasteiger partial charge in [0.2, 0.25) is 0 Å². The van der Waals surface area contributed by atoms with Crippen LogP contribution in [0.3, 0.4) is 0 Å². The smallest absolute Gasteiger partial charge is 0.287 e. The van der Waals surface area contributed by atoms with Gasteiger partial charge in [0.05, 0.1) is 6.26 Å². The van der Waals surface area contributed by atoms with Crippen molar-refractivity contribution >= 4 is 29.1 Å². The molecule has 7 nitrogen and oxygen atoms in total. The van der Waals surface area contributed by atoms with E-state index in [1.165, 1.54) is 12.3 Å². The van der Waals surface area contributed by atoms with Gasteiger partial charge in [-0.25, -0.2) is 0 Å². The summed E-state index contributed by atoms with van der Waals surface area (Å²) in [5.74, 6) is -0.825. The molecule has 1 atom stereocenters. The highest BCUT2D eigenvalue weighted by Crippen LogP contribution is 2.05. The second-order valence-electron chi connectivity index (χ2n) is 4.79. The summed E-state index contributed by atoms with van der Waals surface area (Å²) in [5.41, 5.74) is 5.01. The van der Waals surface area contributed by atoms with E-state index in [9.17, 15) is 9.59 Å². The van der Waals surface area contributed by atoms with Crippen LogP contribution in [-0.2, 0) is 4.79 Å². The number of carbonyl (C=O) groups excluding carboxylic acids is 2. The number of nitrogens with one attached hydrogen (secondary N) is 4. The average molecular weight is 324 g/mol. The summed E-state index contributed by atoms with van der Waals surface area (Å²) in [4.78, 5) is 24.1. The summed E-state index contributed by atoms with van der Waals surface area (Å²) in [5, 5.41) is 5.68. The van der Waals surface area contributed by atoms with Crippen LogP contribution >= 0.6 is 12.2 Å². The molecule has 0 aliphatic heterocycles. The summed E-state index contributed by atoms with van der Waals surface area (Å²) in [6.45, 7) is 7.66. The standard InChI is InChI=1S/C14H20N4O3S/c1-4-7-15-14(22)18-17-13(20)11(9(2)3)16-12(19)10-6-5-8-21-10/h4-6,8-9,11H,1,7H2,2-3H3,(H,16,19)(H,17,20)(H2,15,18,22)/t11-/m1/s1. The molecule has 4 N–H and O–H groups in total. The normalized spacial score (nSPS) is 11.4. The lowest BCUT2D eigenvalue weighted by Crippen LogP contribution is -2.55. The molecule has 0 saturated heterocycles. The number of amides is 2. The molecule has 1 aromatic rings. The van der Waals surface area contributed by atoms with Crippen molar-refractivity contribution in [3.8, 4) is 0 Å². The fourth-order valence-electron chi connectivity index (χ4n) is 1.56. The number of carbonyl (C=O) groups is 2. The molecule has 0 radical (unpaired) electrons. The molecule has 0 aliphatic rings. The van der Waals surface area contributed by atoms with Gasteiger partial charge in [0, 0.05) is 6.54 Å². The van der Waals surface area contributed by atoms with Gasteiger partial charge in [-0.1, -0.05) is 19.9 Å². The number of hydrogen-bond donors (Lipinski definition) is 4. The second kappa shape index (κ2) is 8.83. The Morgan fingerprint density at radius 3 is 2.68 bits per heavy atom. The van der Waals surface area contributed by atoms with Crippen molar-refractivity contribution in [3.63, 3.8) is 0 Å². The molecule has 0 aromatic carbocycles. The topological polar surface area (TPSA) is 95.4 Å². The maximum Gasteiger partial charge on any atom is 0.287 e. The predicted molar refractivity (Wildman–Crippen MR) is 86.9 cm³/mol. The van der Waals surface area contributed by atoms with Crippen LogP contribution in [0.2, 0.25) is 0 Å². The molecule has 0 bridgehead atoms. The zero-order valence-electron chi connectivity index (χ0n) is 12.5. The molecule has 1 rings (SSSR count). The van der Waals surface area contributed by atoms with Crippen molar-refractivity contribution in [2.75, 3.05) is 6.54 Å². The van der Waals surface area contributed by atoms with Crippen LogP contribution in [0.15, 0.2) is 35.5 Å². The Balaban J connectivity index is 2.55. The SMILES string of the molecule is C=CCNC(=S)NNC(=O)[C@H](NC(=O)c1ccco1)C(C)C. The molecule has 120 valence electrons. The first-order valence-corrected chi connectivity index (χ1v) is 7.15. The van der Waals surface area contributed by atoms with E-state index >= 15 is 0 Å². The van der Waals surface area contributed by atoms with E-state index in [1.54, 1.807) is 12.1 Å². The van der Waals surface area contributed by atoms with Crippen molar-refractivity contribution in [1.82, 2.24) is 21.5 Å². The number of thiocarbonyl (C=S) groups is 1. The maximum absolute atomic E-state index is 12.1. The fraction of sp³-hybridized carbons (Fsp3) is 0.357. The van der Waals surface area contributed by atoms with Crippen molar-refractivity contribution < 1.29 is 14.0 Å². The molecule has 0 saturated carbocycles. The highest BCUT2D eigenvalue weighted by atomic mass is 32.1. The first-order valence-electron chi connectivity index (χ1n) is 6.74. The monoisotopic (exact) mass is 324 g/mol. The van der Waals surface area contributed by atoms with Gasteiger partial charge in [-0.3, -0.25) is 20.4 Å². The third-order valence-electron chi connectivity index (χ3n) is 2.69. The van der Waals surface area contributed by atoms with Crippen LogP contribution in [0, 0.1) is 5.92 Å². The molecular formula is C14H20N4O3S. The van der Waals surface area contributed by atoms with Gasteiger partial charge in [-0.05, 0) is 30.3 Å². The molecule has 2 amide bonds. The van der Waals surface area contributed by atoms with E-state index in [2.05, 4.69) is 28.1 Å². The molecule has 1 aromatic heterocycles. The Morgan fingerprint density at radius 1 is 1.41 bits per heavy atom. The zero-order valence-corrected chi connectivity index (χ0v) is 13.3. The van der Waals surface area contributed by atoms with Crippen LogP contribution in [0.25, 0.3) is 0 Å². The largest absolute Gasteiger partial charge is 0.459 e. The van der Waals surface area contributed by atoms with Crippen molar-refractivity contribution in [2.24, 2.45) is 5.92 Å². The van der Waals surface area contributed by atoms with Crippen molar-refractivity contribution in [2.45, 2.75) is 19.9 Å². The van der Waals surface area contributed by atoms with Crippen LogP contribution in [0.5, 0.6) is 0 Å². The van der Waals surface area contributed by atoms with Gasteiger partial charge in [-0.15, -0.1) is 6.58 Å². The number of furan rings is 1. The van der Waals surface area contributed by atoms with Crippen molar-refractivity contribution in [3.05, 3.63) is 36.8 Å².